The van der Waals surface area contributed by atoms with Crippen LogP contribution >= 0.6 is 0 Å². The predicted octanol–water partition coefficient (Wildman–Crippen LogP) is 4.61. The van der Waals surface area contributed by atoms with Crippen LogP contribution in [-0.4, -0.2) is 24.7 Å². The fourth-order valence-corrected chi connectivity index (χ4v) is 2.51. The van der Waals surface area contributed by atoms with Gasteiger partial charge in [0, 0.05) is 18.5 Å². The van der Waals surface area contributed by atoms with Crippen LogP contribution in [0.15, 0.2) is 36.1 Å². The third-order valence-corrected chi connectivity index (χ3v) is 3.74. The summed E-state index contributed by atoms with van der Waals surface area (Å²) in [7, 11) is 1.47. The Labute approximate surface area is 151 Å². The molecular weight excluding hydrogens is 347 g/mol. The number of methoxy groups -OCH3 is 1. The lowest BCUT2D eigenvalue weighted by Crippen LogP contribution is -2.15. The number of allylic oxidation sites excluding steroid dienone is 3. The van der Waals surface area contributed by atoms with Crippen molar-refractivity contribution in [1.29, 1.82) is 0 Å². The second kappa shape index (κ2) is 10.0. The minimum absolute atomic E-state index is 0.0760. The van der Waals surface area contributed by atoms with Gasteiger partial charge in [-0.25, -0.2) is 0 Å². The summed E-state index contributed by atoms with van der Waals surface area (Å²) in [6.07, 6.45) is -0.885. The minimum Gasteiger partial charge on any atom is -0.496 e. The molecule has 26 heavy (non-hydrogen) atoms. The number of nitrogens with one attached hydrogen (secondary N) is 1. The van der Waals surface area contributed by atoms with Crippen LogP contribution in [0.5, 0.6) is 0 Å². The molecule has 0 spiro atoms. The highest BCUT2D eigenvalue weighted by Crippen LogP contribution is 2.34. The van der Waals surface area contributed by atoms with Crippen molar-refractivity contribution in [3.05, 3.63) is 52.8 Å². The highest BCUT2D eigenvalue weighted by atomic mass is 19.4. The van der Waals surface area contributed by atoms with Crippen molar-refractivity contribution in [3.8, 4) is 0 Å². The van der Waals surface area contributed by atoms with Gasteiger partial charge in [-0.05, 0) is 49.2 Å². The van der Waals surface area contributed by atoms with Gasteiger partial charge in [0.15, 0.2) is 0 Å². The number of halogens is 3. The first-order chi connectivity index (χ1) is 12.2. The maximum Gasteiger partial charge on any atom is 0.416 e. The summed E-state index contributed by atoms with van der Waals surface area (Å²) in [5.74, 6) is -0.465. The third kappa shape index (κ3) is 6.22. The molecule has 0 unspecified atom stereocenters. The number of alkyl halides is 3. The molecule has 0 heterocycles. The molecule has 0 saturated heterocycles. The van der Waals surface area contributed by atoms with E-state index in [0.717, 1.165) is 12.1 Å². The van der Waals surface area contributed by atoms with Crippen molar-refractivity contribution in [2.24, 2.45) is 0 Å². The molecule has 1 aromatic carbocycles. The van der Waals surface area contributed by atoms with Crippen molar-refractivity contribution in [3.63, 3.8) is 0 Å². The lowest BCUT2D eigenvalue weighted by atomic mass is 9.94. The van der Waals surface area contributed by atoms with Crippen molar-refractivity contribution in [1.82, 2.24) is 5.32 Å². The molecule has 1 rings (SSSR count). The van der Waals surface area contributed by atoms with E-state index in [1.54, 1.807) is 19.1 Å². The molecule has 0 aliphatic heterocycles. The van der Waals surface area contributed by atoms with Gasteiger partial charge in [0.25, 0.3) is 0 Å². The standard InChI is InChI=1S/C19H24F3NO3/c1-4-17(26-3)16(7-6-8-18(24)25)15-10-9-14(19(20,21)22)11-13(15)12-23-5-2/h4,7,9-11,23H,5-6,8,12H2,1-3H3,(H,24,25)/b16-7-,17-4+. The van der Waals surface area contributed by atoms with Crippen molar-refractivity contribution in [2.75, 3.05) is 13.7 Å². The molecule has 7 heteroatoms. The van der Waals surface area contributed by atoms with E-state index in [-0.39, 0.29) is 19.4 Å². The fourth-order valence-electron chi connectivity index (χ4n) is 2.51. The molecule has 4 nitrogen and oxygen atoms in total. The second-order valence-corrected chi connectivity index (χ2v) is 5.56. The smallest absolute Gasteiger partial charge is 0.416 e. The highest BCUT2D eigenvalue weighted by molar-refractivity contribution is 5.79. The van der Waals surface area contributed by atoms with E-state index < -0.39 is 17.7 Å². The first-order valence-electron chi connectivity index (χ1n) is 8.28. The van der Waals surface area contributed by atoms with Gasteiger partial charge in [0.1, 0.15) is 5.76 Å². The number of hydrogen-bond acceptors (Lipinski definition) is 3. The summed E-state index contributed by atoms with van der Waals surface area (Å²) in [4.78, 5) is 10.8. The molecule has 0 radical (unpaired) electrons. The SMILES string of the molecule is C/C=C(OC)\C(=C/CCC(=O)O)c1ccc(C(F)(F)F)cc1CNCC. The average Bonchev–Trinajstić information content (AvgIpc) is 2.58. The first-order valence-corrected chi connectivity index (χ1v) is 8.28. The number of ether oxygens (including phenoxy) is 1. The Kier molecular flexibility index (Phi) is 8.38. The molecule has 0 atom stereocenters. The molecule has 0 amide bonds. The number of carbonyl (C=O) groups is 1. The quantitative estimate of drug-likeness (QED) is 0.491. The Morgan fingerprint density at radius 2 is 2.04 bits per heavy atom. The van der Waals surface area contributed by atoms with Gasteiger partial charge >= 0.3 is 12.1 Å². The Balaban J connectivity index is 3.44. The van der Waals surface area contributed by atoms with Gasteiger partial charge < -0.3 is 15.2 Å². The van der Waals surface area contributed by atoms with E-state index in [9.17, 15) is 18.0 Å². The van der Waals surface area contributed by atoms with E-state index in [1.807, 2.05) is 6.92 Å². The van der Waals surface area contributed by atoms with E-state index in [2.05, 4.69) is 5.32 Å². The number of aliphatic carboxylic acids is 1. The average molecular weight is 371 g/mol. The Hall–Kier alpha value is -2.28. The predicted molar refractivity (Wildman–Crippen MR) is 94.4 cm³/mol. The summed E-state index contributed by atoms with van der Waals surface area (Å²) < 4.78 is 44.5. The van der Waals surface area contributed by atoms with Gasteiger partial charge in [-0.1, -0.05) is 19.1 Å². The molecule has 0 saturated carbocycles. The fraction of sp³-hybridized carbons (Fsp3) is 0.421. The summed E-state index contributed by atoms with van der Waals surface area (Å²) in [5.41, 5.74) is 0.912. The van der Waals surface area contributed by atoms with Gasteiger partial charge in [0.2, 0.25) is 0 Å². The van der Waals surface area contributed by atoms with Crippen molar-refractivity contribution in [2.45, 2.75) is 39.4 Å². The van der Waals surface area contributed by atoms with Crippen LogP contribution in [0.2, 0.25) is 0 Å². The van der Waals surface area contributed by atoms with Crippen LogP contribution < -0.4 is 5.32 Å². The normalized spacial score (nSPS) is 13.0. The number of hydrogen-bond donors (Lipinski definition) is 2. The molecule has 0 aliphatic rings. The number of carboxylic acid groups (broad SMARTS) is 1. The minimum atomic E-state index is -4.43. The molecule has 0 fully saturated rings. The number of benzene rings is 1. The maximum atomic E-state index is 13.1. The zero-order valence-corrected chi connectivity index (χ0v) is 15.1. The van der Waals surface area contributed by atoms with Crippen LogP contribution in [0, 0.1) is 0 Å². The number of rotatable bonds is 9. The molecule has 2 N–H and O–H groups in total. The third-order valence-electron chi connectivity index (χ3n) is 3.74. The summed E-state index contributed by atoms with van der Waals surface area (Å²) in [6, 6.07) is 3.55. The van der Waals surface area contributed by atoms with Crippen molar-refractivity contribution >= 4 is 11.5 Å². The van der Waals surface area contributed by atoms with E-state index in [0.29, 0.717) is 29.0 Å². The zero-order chi connectivity index (χ0) is 19.7. The summed E-state index contributed by atoms with van der Waals surface area (Å²) in [6.45, 7) is 4.47. The molecule has 0 aliphatic carbocycles. The van der Waals surface area contributed by atoms with Crippen LogP contribution in [0.25, 0.3) is 5.57 Å². The van der Waals surface area contributed by atoms with E-state index in [1.165, 1.54) is 13.2 Å². The Bertz CT molecular complexity index is 679. The Morgan fingerprint density at radius 1 is 1.35 bits per heavy atom. The molecule has 0 aromatic heterocycles. The van der Waals surface area contributed by atoms with E-state index in [4.69, 9.17) is 9.84 Å². The monoisotopic (exact) mass is 371 g/mol. The summed E-state index contributed by atoms with van der Waals surface area (Å²) >= 11 is 0. The van der Waals surface area contributed by atoms with Crippen LogP contribution in [-0.2, 0) is 22.3 Å². The molecule has 0 bridgehead atoms. The van der Waals surface area contributed by atoms with Crippen molar-refractivity contribution < 1.29 is 27.8 Å². The summed E-state index contributed by atoms with van der Waals surface area (Å²) in [5, 5.41) is 11.9. The molecule has 144 valence electrons. The maximum absolute atomic E-state index is 13.1. The van der Waals surface area contributed by atoms with Gasteiger partial charge in [-0.15, -0.1) is 0 Å². The van der Waals surface area contributed by atoms with Gasteiger partial charge in [0.05, 0.1) is 12.7 Å². The molecular formula is C19H24F3NO3. The zero-order valence-electron chi connectivity index (χ0n) is 15.1. The van der Waals surface area contributed by atoms with Gasteiger partial charge in [-0.2, -0.15) is 13.2 Å². The van der Waals surface area contributed by atoms with Crippen LogP contribution in [0.3, 0.4) is 0 Å². The molecule has 1 aromatic rings. The lowest BCUT2D eigenvalue weighted by molar-refractivity contribution is -0.138. The van der Waals surface area contributed by atoms with Crippen LogP contribution in [0.4, 0.5) is 13.2 Å². The highest BCUT2D eigenvalue weighted by Gasteiger charge is 2.31. The van der Waals surface area contributed by atoms with E-state index >= 15 is 0 Å². The van der Waals surface area contributed by atoms with Gasteiger partial charge in [-0.3, -0.25) is 4.79 Å². The van der Waals surface area contributed by atoms with Crippen LogP contribution in [0.1, 0.15) is 43.4 Å². The number of carboxylic acids is 1. The first kappa shape index (κ1) is 21.8. The topological polar surface area (TPSA) is 58.6 Å². The Morgan fingerprint density at radius 3 is 2.54 bits per heavy atom. The largest absolute Gasteiger partial charge is 0.496 e. The second-order valence-electron chi connectivity index (χ2n) is 5.56. The lowest BCUT2D eigenvalue weighted by Gasteiger charge is -2.18.